The third kappa shape index (κ3) is 20.9. The van der Waals surface area contributed by atoms with Crippen molar-refractivity contribution in [2.75, 3.05) is 7.11 Å². The van der Waals surface area contributed by atoms with Gasteiger partial charge in [-0.1, -0.05) is 76.2 Å². The summed E-state index contributed by atoms with van der Waals surface area (Å²) in [4.78, 5) is 10.9. The van der Waals surface area contributed by atoms with Crippen molar-refractivity contribution in [2.24, 2.45) is 0 Å². The van der Waals surface area contributed by atoms with E-state index in [1.54, 1.807) is 0 Å². The number of rotatable bonds is 18. The highest BCUT2D eigenvalue weighted by Gasteiger charge is 1.96. The van der Waals surface area contributed by atoms with Gasteiger partial charge in [0.2, 0.25) is 0 Å². The summed E-state index contributed by atoms with van der Waals surface area (Å²) in [6, 6.07) is 0. The maximum Gasteiger partial charge on any atom is 0.305 e. The number of hydrogen-bond acceptors (Lipinski definition) is 2. The molecule has 146 valence electrons. The predicted molar refractivity (Wildman–Crippen MR) is 110 cm³/mol. The van der Waals surface area contributed by atoms with Crippen molar-refractivity contribution in [2.45, 2.75) is 110 Å². The summed E-state index contributed by atoms with van der Waals surface area (Å²) in [5, 5.41) is 0. The van der Waals surface area contributed by atoms with Gasteiger partial charge in [-0.2, -0.15) is 0 Å². The molecule has 0 amide bonds. The number of carbonyl (C=O) groups is 1. The zero-order chi connectivity index (χ0) is 18.4. The van der Waals surface area contributed by atoms with E-state index in [1.807, 2.05) is 0 Å². The number of allylic oxidation sites excluding steroid dienone is 4. The molecule has 0 aromatic rings. The number of carbonyl (C=O) groups excluding carboxylic acids is 1. The molecule has 2 nitrogen and oxygen atoms in total. The molecule has 0 radical (unpaired) electrons. The second kappa shape index (κ2) is 21.0. The first-order valence-electron chi connectivity index (χ1n) is 10.7. The van der Waals surface area contributed by atoms with Crippen LogP contribution in [0.3, 0.4) is 0 Å². The van der Waals surface area contributed by atoms with Gasteiger partial charge in [0, 0.05) is 6.42 Å². The lowest BCUT2D eigenvalue weighted by molar-refractivity contribution is -0.140. The van der Waals surface area contributed by atoms with Crippen molar-refractivity contribution in [3.05, 3.63) is 24.3 Å². The van der Waals surface area contributed by atoms with Crippen LogP contribution in [-0.2, 0) is 9.53 Å². The maximum atomic E-state index is 10.9. The first kappa shape index (κ1) is 23.9. The van der Waals surface area contributed by atoms with Gasteiger partial charge in [0.15, 0.2) is 0 Å². The van der Waals surface area contributed by atoms with Gasteiger partial charge in [-0.3, -0.25) is 4.79 Å². The summed E-state index contributed by atoms with van der Waals surface area (Å²) in [5.74, 6) is -0.102. The van der Waals surface area contributed by atoms with E-state index in [0.29, 0.717) is 6.42 Å². The van der Waals surface area contributed by atoms with Crippen LogP contribution in [0.25, 0.3) is 0 Å². The maximum absolute atomic E-state index is 10.9. The average molecular weight is 351 g/mol. The first-order valence-corrected chi connectivity index (χ1v) is 10.7. The van der Waals surface area contributed by atoms with Crippen LogP contribution in [0.5, 0.6) is 0 Å². The molecule has 0 N–H and O–H groups in total. The monoisotopic (exact) mass is 350 g/mol. The lowest BCUT2D eigenvalue weighted by Gasteiger charge is -1.99. The minimum atomic E-state index is -0.102. The molecule has 0 spiro atoms. The normalized spacial score (nSPS) is 11.6. The number of unbranched alkanes of at least 4 members (excludes halogenated alkanes) is 12. The molecule has 0 atom stereocenters. The van der Waals surface area contributed by atoms with Crippen molar-refractivity contribution in [3.8, 4) is 0 Å². The lowest BCUT2D eigenvalue weighted by Crippen LogP contribution is -1.98. The molecule has 0 saturated carbocycles. The molecule has 0 rings (SSSR count). The summed E-state index contributed by atoms with van der Waals surface area (Å²) < 4.78 is 4.62. The largest absolute Gasteiger partial charge is 0.469 e. The molecular weight excluding hydrogens is 308 g/mol. The van der Waals surface area contributed by atoms with Crippen molar-refractivity contribution >= 4 is 5.97 Å². The molecule has 25 heavy (non-hydrogen) atoms. The molecule has 0 heterocycles. The topological polar surface area (TPSA) is 26.3 Å². The van der Waals surface area contributed by atoms with E-state index in [-0.39, 0.29) is 5.97 Å². The molecule has 0 fully saturated rings. The van der Waals surface area contributed by atoms with Crippen molar-refractivity contribution in [3.63, 3.8) is 0 Å². The Morgan fingerprint density at radius 3 is 1.48 bits per heavy atom. The van der Waals surface area contributed by atoms with Crippen LogP contribution < -0.4 is 0 Å². The van der Waals surface area contributed by atoms with Crippen LogP contribution in [0.4, 0.5) is 0 Å². The Bertz CT molecular complexity index is 331. The minimum absolute atomic E-state index is 0.102. The van der Waals surface area contributed by atoms with Crippen molar-refractivity contribution < 1.29 is 9.53 Å². The average Bonchev–Trinajstić information content (AvgIpc) is 2.63. The molecule has 0 aromatic heterocycles. The predicted octanol–water partition coefficient (Wildman–Crippen LogP) is 7.53. The highest BCUT2D eigenvalue weighted by molar-refractivity contribution is 5.68. The molecule has 0 unspecified atom stereocenters. The van der Waals surface area contributed by atoms with Crippen LogP contribution in [0.2, 0.25) is 0 Å². The Labute approximate surface area is 157 Å². The first-order chi connectivity index (χ1) is 12.3. The Morgan fingerprint density at radius 1 is 0.640 bits per heavy atom. The second-order valence-electron chi connectivity index (χ2n) is 6.96. The Morgan fingerprint density at radius 2 is 1.04 bits per heavy atom. The Kier molecular flexibility index (Phi) is 20.1. The molecule has 0 aromatic carbocycles. The number of esters is 1. The standard InChI is InChI=1S/C23H42O2/c1-3-4-5-6-7-8-9-10-11-12-13-14-15-16-17-18-19-20-21-22-23(24)25-2/h10-11,18-19H,3-9,12-17,20-22H2,1-2H3/b11-10-,19-18-. The van der Waals surface area contributed by atoms with Gasteiger partial charge in [-0.25, -0.2) is 0 Å². The minimum Gasteiger partial charge on any atom is -0.469 e. The molecule has 0 aliphatic carbocycles. The Balaban J connectivity index is 3.17. The van der Waals surface area contributed by atoms with Crippen LogP contribution in [0.1, 0.15) is 110 Å². The van der Waals surface area contributed by atoms with E-state index >= 15 is 0 Å². The van der Waals surface area contributed by atoms with E-state index in [2.05, 4.69) is 36.0 Å². The highest BCUT2D eigenvalue weighted by Crippen LogP contribution is 2.09. The fourth-order valence-corrected chi connectivity index (χ4v) is 2.86. The highest BCUT2D eigenvalue weighted by atomic mass is 16.5. The van der Waals surface area contributed by atoms with E-state index in [1.165, 1.54) is 90.6 Å². The van der Waals surface area contributed by atoms with Crippen molar-refractivity contribution in [1.29, 1.82) is 0 Å². The summed E-state index contributed by atoms with van der Waals surface area (Å²) in [5.41, 5.74) is 0. The van der Waals surface area contributed by atoms with Crippen LogP contribution in [0.15, 0.2) is 24.3 Å². The van der Waals surface area contributed by atoms with Gasteiger partial charge in [0.25, 0.3) is 0 Å². The van der Waals surface area contributed by atoms with Gasteiger partial charge in [0.1, 0.15) is 0 Å². The summed E-state index contributed by atoms with van der Waals surface area (Å²) in [7, 11) is 1.45. The van der Waals surface area contributed by atoms with Gasteiger partial charge < -0.3 is 4.74 Å². The fraction of sp³-hybridized carbons (Fsp3) is 0.783. The lowest BCUT2D eigenvalue weighted by atomic mass is 10.1. The van der Waals surface area contributed by atoms with Gasteiger partial charge in [-0.15, -0.1) is 0 Å². The fourth-order valence-electron chi connectivity index (χ4n) is 2.86. The molecule has 0 aliphatic rings. The van der Waals surface area contributed by atoms with Crippen molar-refractivity contribution in [1.82, 2.24) is 0 Å². The number of ether oxygens (including phenoxy) is 1. The SMILES string of the molecule is CCCCCCCC/C=C\CCCCCC/C=C\CCCC(=O)OC. The molecular formula is C23H42O2. The smallest absolute Gasteiger partial charge is 0.305 e. The third-order valence-corrected chi connectivity index (χ3v) is 4.53. The molecule has 0 bridgehead atoms. The van der Waals surface area contributed by atoms with Crippen LogP contribution >= 0.6 is 0 Å². The van der Waals surface area contributed by atoms with Crippen LogP contribution in [0, 0.1) is 0 Å². The van der Waals surface area contributed by atoms with E-state index in [9.17, 15) is 4.79 Å². The van der Waals surface area contributed by atoms with Crippen LogP contribution in [-0.4, -0.2) is 13.1 Å². The zero-order valence-corrected chi connectivity index (χ0v) is 16.9. The molecule has 2 heteroatoms. The Hall–Kier alpha value is -1.05. The second-order valence-corrected chi connectivity index (χ2v) is 6.96. The number of hydrogen-bond donors (Lipinski definition) is 0. The zero-order valence-electron chi connectivity index (χ0n) is 16.9. The van der Waals surface area contributed by atoms with E-state index in [4.69, 9.17) is 0 Å². The van der Waals surface area contributed by atoms with Gasteiger partial charge >= 0.3 is 5.97 Å². The quantitative estimate of drug-likeness (QED) is 0.145. The summed E-state index contributed by atoms with van der Waals surface area (Å²) in [6.45, 7) is 2.27. The summed E-state index contributed by atoms with van der Waals surface area (Å²) in [6.07, 6.45) is 29.0. The molecule has 0 saturated heterocycles. The van der Waals surface area contributed by atoms with Gasteiger partial charge in [-0.05, 0) is 51.4 Å². The summed E-state index contributed by atoms with van der Waals surface area (Å²) >= 11 is 0. The van der Waals surface area contributed by atoms with Gasteiger partial charge in [0.05, 0.1) is 7.11 Å². The van der Waals surface area contributed by atoms with E-state index in [0.717, 1.165) is 12.8 Å². The third-order valence-electron chi connectivity index (χ3n) is 4.53. The number of methoxy groups -OCH3 is 1. The van der Waals surface area contributed by atoms with E-state index < -0.39 is 0 Å². The molecule has 0 aliphatic heterocycles.